The molecular weight excluding hydrogens is 218 g/mol. The number of hydrogen-bond donors (Lipinski definition) is 1. The van der Waals surface area contributed by atoms with Crippen LogP contribution in [0.15, 0.2) is 5.38 Å². The molecule has 2 rings (SSSR count). The van der Waals surface area contributed by atoms with E-state index in [4.69, 9.17) is 5.73 Å². The van der Waals surface area contributed by atoms with Crippen LogP contribution in [0.4, 0.5) is 0 Å². The highest BCUT2D eigenvalue weighted by molar-refractivity contribution is 7.09. The quantitative estimate of drug-likeness (QED) is 0.879. The maximum absolute atomic E-state index is 5.57. The Balaban J connectivity index is 1.94. The highest BCUT2D eigenvalue weighted by Gasteiger charge is 2.26. The number of nitrogens with zero attached hydrogens (tertiary/aromatic N) is 2. The van der Waals surface area contributed by atoms with Crippen LogP contribution in [0.5, 0.6) is 0 Å². The van der Waals surface area contributed by atoms with Gasteiger partial charge in [-0.3, -0.25) is 4.90 Å². The van der Waals surface area contributed by atoms with Gasteiger partial charge >= 0.3 is 0 Å². The molecule has 1 aromatic rings. The van der Waals surface area contributed by atoms with Gasteiger partial charge in [0.05, 0.1) is 5.69 Å². The van der Waals surface area contributed by atoms with Gasteiger partial charge in [0.25, 0.3) is 0 Å². The standard InChI is InChI=1S/C12H21N3S/c1-12(2)4-3-5-15(9-12)7-10-8-16-11(6-13)14-10/h8H,3-7,9,13H2,1-2H3. The first-order chi connectivity index (χ1) is 7.59. The predicted octanol–water partition coefficient (Wildman–Crippen LogP) is 2.22. The first-order valence-corrected chi connectivity index (χ1v) is 6.83. The van der Waals surface area contributed by atoms with Gasteiger partial charge in [-0.2, -0.15) is 0 Å². The Morgan fingerprint density at radius 3 is 3.00 bits per heavy atom. The van der Waals surface area contributed by atoms with Crippen LogP contribution in [0.25, 0.3) is 0 Å². The van der Waals surface area contributed by atoms with Crippen molar-refractivity contribution in [2.45, 2.75) is 39.8 Å². The van der Waals surface area contributed by atoms with E-state index >= 15 is 0 Å². The Labute approximate surface area is 102 Å². The molecule has 1 aliphatic rings. The van der Waals surface area contributed by atoms with Gasteiger partial charge in [-0.15, -0.1) is 11.3 Å². The van der Waals surface area contributed by atoms with Crippen LogP contribution in [0.2, 0.25) is 0 Å². The molecule has 0 spiro atoms. The zero-order valence-electron chi connectivity index (χ0n) is 10.2. The van der Waals surface area contributed by atoms with E-state index in [1.54, 1.807) is 11.3 Å². The molecule has 2 N–H and O–H groups in total. The lowest BCUT2D eigenvalue weighted by atomic mass is 9.84. The first-order valence-electron chi connectivity index (χ1n) is 5.95. The van der Waals surface area contributed by atoms with E-state index in [1.807, 2.05) is 0 Å². The van der Waals surface area contributed by atoms with Crippen molar-refractivity contribution >= 4 is 11.3 Å². The summed E-state index contributed by atoms with van der Waals surface area (Å²) in [5.74, 6) is 0. The van der Waals surface area contributed by atoms with Gasteiger partial charge < -0.3 is 5.73 Å². The van der Waals surface area contributed by atoms with Crippen molar-refractivity contribution in [3.63, 3.8) is 0 Å². The fourth-order valence-electron chi connectivity index (χ4n) is 2.42. The summed E-state index contributed by atoms with van der Waals surface area (Å²) in [4.78, 5) is 7.04. The Hall–Kier alpha value is -0.450. The molecule has 1 aliphatic heterocycles. The molecule has 0 bridgehead atoms. The smallest absolute Gasteiger partial charge is 0.106 e. The molecule has 0 unspecified atom stereocenters. The molecule has 1 aromatic heterocycles. The number of nitrogens with two attached hydrogens (primary N) is 1. The second-order valence-electron chi connectivity index (χ2n) is 5.42. The lowest BCUT2D eigenvalue weighted by Crippen LogP contribution is -2.39. The fourth-order valence-corrected chi connectivity index (χ4v) is 3.09. The van der Waals surface area contributed by atoms with Crippen molar-refractivity contribution in [3.05, 3.63) is 16.1 Å². The van der Waals surface area contributed by atoms with Crippen molar-refractivity contribution in [1.29, 1.82) is 0 Å². The molecule has 0 amide bonds. The van der Waals surface area contributed by atoms with E-state index < -0.39 is 0 Å². The van der Waals surface area contributed by atoms with Crippen molar-refractivity contribution in [2.75, 3.05) is 13.1 Å². The fraction of sp³-hybridized carbons (Fsp3) is 0.750. The Bertz CT molecular complexity index is 346. The Kier molecular flexibility index (Phi) is 3.62. The third-order valence-electron chi connectivity index (χ3n) is 3.14. The van der Waals surface area contributed by atoms with E-state index in [9.17, 15) is 0 Å². The maximum Gasteiger partial charge on any atom is 0.106 e. The van der Waals surface area contributed by atoms with Gasteiger partial charge in [-0.05, 0) is 24.8 Å². The van der Waals surface area contributed by atoms with Crippen LogP contribution in [0.1, 0.15) is 37.4 Å². The van der Waals surface area contributed by atoms with E-state index in [0.29, 0.717) is 12.0 Å². The summed E-state index contributed by atoms with van der Waals surface area (Å²) in [7, 11) is 0. The van der Waals surface area contributed by atoms with Crippen molar-refractivity contribution < 1.29 is 0 Å². The van der Waals surface area contributed by atoms with Crippen LogP contribution >= 0.6 is 11.3 Å². The molecule has 0 aromatic carbocycles. The number of rotatable bonds is 3. The third kappa shape index (κ3) is 3.03. The molecule has 3 nitrogen and oxygen atoms in total. The highest BCUT2D eigenvalue weighted by atomic mass is 32.1. The SMILES string of the molecule is CC1(C)CCCN(Cc2csc(CN)n2)C1. The van der Waals surface area contributed by atoms with Crippen LogP contribution < -0.4 is 5.73 Å². The number of aromatic nitrogens is 1. The van der Waals surface area contributed by atoms with E-state index in [1.165, 1.54) is 31.6 Å². The predicted molar refractivity (Wildman–Crippen MR) is 68.3 cm³/mol. The molecule has 1 saturated heterocycles. The van der Waals surface area contributed by atoms with Gasteiger partial charge in [-0.1, -0.05) is 13.8 Å². The minimum absolute atomic E-state index is 0.463. The van der Waals surface area contributed by atoms with E-state index in [2.05, 4.69) is 29.1 Å². The number of thiazole rings is 1. The van der Waals surface area contributed by atoms with Crippen LogP contribution in [-0.2, 0) is 13.1 Å². The lowest BCUT2D eigenvalue weighted by Gasteiger charge is -2.37. The summed E-state index contributed by atoms with van der Waals surface area (Å²) in [5.41, 5.74) is 7.22. The number of hydrogen-bond acceptors (Lipinski definition) is 4. The normalized spacial score (nSPS) is 21.2. The first kappa shape index (κ1) is 12.0. The molecule has 0 atom stereocenters. The second kappa shape index (κ2) is 4.82. The topological polar surface area (TPSA) is 42.1 Å². The lowest BCUT2D eigenvalue weighted by molar-refractivity contribution is 0.110. The van der Waals surface area contributed by atoms with Gasteiger partial charge in [0, 0.05) is 25.0 Å². The third-order valence-corrected chi connectivity index (χ3v) is 4.06. The summed E-state index contributed by atoms with van der Waals surface area (Å²) in [6, 6.07) is 0. The highest BCUT2D eigenvalue weighted by Crippen LogP contribution is 2.29. The zero-order chi connectivity index (χ0) is 11.6. The molecular formula is C12H21N3S. The molecule has 0 aliphatic carbocycles. The van der Waals surface area contributed by atoms with Gasteiger partial charge in [0.15, 0.2) is 0 Å². The second-order valence-corrected chi connectivity index (χ2v) is 6.36. The summed E-state index contributed by atoms with van der Waals surface area (Å²) in [5, 5.41) is 3.19. The zero-order valence-corrected chi connectivity index (χ0v) is 11.0. The molecule has 0 saturated carbocycles. The molecule has 4 heteroatoms. The monoisotopic (exact) mass is 239 g/mol. The minimum Gasteiger partial charge on any atom is -0.325 e. The maximum atomic E-state index is 5.57. The minimum atomic E-state index is 0.463. The van der Waals surface area contributed by atoms with E-state index in [-0.39, 0.29) is 0 Å². The summed E-state index contributed by atoms with van der Waals surface area (Å²) >= 11 is 1.68. The van der Waals surface area contributed by atoms with Crippen molar-refractivity contribution in [2.24, 2.45) is 11.1 Å². The Morgan fingerprint density at radius 1 is 1.56 bits per heavy atom. The number of piperidine rings is 1. The largest absolute Gasteiger partial charge is 0.325 e. The molecule has 1 fully saturated rings. The molecule has 2 heterocycles. The summed E-state index contributed by atoms with van der Waals surface area (Å²) in [6.07, 6.45) is 2.65. The van der Waals surface area contributed by atoms with E-state index in [0.717, 1.165) is 11.6 Å². The van der Waals surface area contributed by atoms with Gasteiger partial charge in [-0.25, -0.2) is 4.98 Å². The molecule has 0 radical (unpaired) electrons. The van der Waals surface area contributed by atoms with Crippen molar-refractivity contribution in [1.82, 2.24) is 9.88 Å². The molecule has 16 heavy (non-hydrogen) atoms. The molecule has 90 valence electrons. The summed E-state index contributed by atoms with van der Waals surface area (Å²) < 4.78 is 0. The van der Waals surface area contributed by atoms with Crippen molar-refractivity contribution in [3.8, 4) is 0 Å². The average molecular weight is 239 g/mol. The van der Waals surface area contributed by atoms with Gasteiger partial charge in [0.2, 0.25) is 0 Å². The summed E-state index contributed by atoms with van der Waals surface area (Å²) in [6.45, 7) is 8.65. The van der Waals surface area contributed by atoms with Gasteiger partial charge in [0.1, 0.15) is 5.01 Å². The van der Waals surface area contributed by atoms with Crippen LogP contribution in [0.3, 0.4) is 0 Å². The van der Waals surface area contributed by atoms with Crippen LogP contribution in [0, 0.1) is 5.41 Å². The van der Waals surface area contributed by atoms with Crippen LogP contribution in [-0.4, -0.2) is 23.0 Å². The number of likely N-dealkylation sites (tertiary alicyclic amines) is 1. The average Bonchev–Trinajstić information content (AvgIpc) is 2.64. The Morgan fingerprint density at radius 2 is 2.38 bits per heavy atom.